The van der Waals surface area contributed by atoms with Crippen LogP contribution in [0.1, 0.15) is 25.3 Å². The van der Waals surface area contributed by atoms with Gasteiger partial charge in [0.05, 0.1) is 5.69 Å². The zero-order valence-corrected chi connectivity index (χ0v) is 17.7. The minimum atomic E-state index is -0.0763. The van der Waals surface area contributed by atoms with Crippen LogP contribution in [-0.4, -0.2) is 30.2 Å². The average Bonchev–Trinajstić information content (AvgIpc) is 2.67. The first-order valence-corrected chi connectivity index (χ1v) is 10.9. The highest BCUT2D eigenvalue weighted by Crippen LogP contribution is 2.34. The molecule has 27 heavy (non-hydrogen) atoms. The third-order valence-corrected chi connectivity index (χ3v) is 6.03. The summed E-state index contributed by atoms with van der Waals surface area (Å²) in [6, 6.07) is 16.1. The van der Waals surface area contributed by atoms with Gasteiger partial charge in [0.25, 0.3) is 0 Å². The first-order chi connectivity index (χ1) is 13.0. The molecule has 1 heterocycles. The zero-order chi connectivity index (χ0) is 19.2. The van der Waals surface area contributed by atoms with Crippen molar-refractivity contribution in [1.29, 1.82) is 0 Å². The maximum absolute atomic E-state index is 12.6. The molecule has 6 heteroatoms. The van der Waals surface area contributed by atoms with Crippen LogP contribution in [0.5, 0.6) is 0 Å². The molecule has 2 amide bonds. The Bertz CT molecular complexity index is 810. The Morgan fingerprint density at radius 2 is 1.89 bits per heavy atom. The number of carbonyl (C=O) groups is 2. The molecule has 0 saturated carbocycles. The van der Waals surface area contributed by atoms with Crippen molar-refractivity contribution >= 4 is 45.2 Å². The Kier molecular flexibility index (Phi) is 6.96. The standard InChI is InChI=1S/C21H23BrN2O2S/c1-15(14-16-6-8-17(22)9-7-16)23-20(25)10-11-21(26)24-12-13-27-19-5-3-2-4-18(19)24/h2-9,15H,10-14H2,1H3,(H,23,25). The van der Waals surface area contributed by atoms with E-state index >= 15 is 0 Å². The summed E-state index contributed by atoms with van der Waals surface area (Å²) in [6.07, 6.45) is 1.22. The van der Waals surface area contributed by atoms with Crippen molar-refractivity contribution in [2.45, 2.75) is 37.1 Å². The Morgan fingerprint density at radius 1 is 1.15 bits per heavy atom. The first kappa shape index (κ1) is 20.0. The van der Waals surface area contributed by atoms with Crippen LogP contribution in [0, 0.1) is 0 Å². The van der Waals surface area contributed by atoms with Crippen molar-refractivity contribution < 1.29 is 9.59 Å². The van der Waals surface area contributed by atoms with Gasteiger partial charge in [-0.3, -0.25) is 9.59 Å². The van der Waals surface area contributed by atoms with Crippen LogP contribution in [0.15, 0.2) is 57.9 Å². The van der Waals surface area contributed by atoms with Crippen molar-refractivity contribution in [3.8, 4) is 0 Å². The van der Waals surface area contributed by atoms with E-state index in [4.69, 9.17) is 0 Å². The quantitative estimate of drug-likeness (QED) is 0.714. The second kappa shape index (κ2) is 9.42. The summed E-state index contributed by atoms with van der Waals surface area (Å²) in [4.78, 5) is 27.8. The van der Waals surface area contributed by atoms with E-state index < -0.39 is 0 Å². The smallest absolute Gasteiger partial charge is 0.227 e. The Hall–Kier alpha value is -1.79. The molecule has 0 bridgehead atoms. The van der Waals surface area contributed by atoms with E-state index in [0.29, 0.717) is 6.54 Å². The minimum absolute atomic E-state index is 0.0125. The van der Waals surface area contributed by atoms with E-state index in [1.807, 2.05) is 60.4 Å². The van der Waals surface area contributed by atoms with Crippen molar-refractivity contribution in [2.24, 2.45) is 0 Å². The SMILES string of the molecule is CC(Cc1ccc(Br)cc1)NC(=O)CCC(=O)N1CCSc2ccccc21. The van der Waals surface area contributed by atoms with Gasteiger partial charge in [-0.05, 0) is 43.2 Å². The summed E-state index contributed by atoms with van der Waals surface area (Å²) in [5, 5.41) is 2.99. The largest absolute Gasteiger partial charge is 0.353 e. The van der Waals surface area contributed by atoms with E-state index in [1.165, 1.54) is 5.56 Å². The number of fused-ring (bicyclic) bond motifs is 1. The zero-order valence-electron chi connectivity index (χ0n) is 15.3. The summed E-state index contributed by atoms with van der Waals surface area (Å²) in [6.45, 7) is 2.68. The number of anilines is 1. The van der Waals surface area contributed by atoms with E-state index in [1.54, 1.807) is 11.8 Å². The lowest BCUT2D eigenvalue weighted by Gasteiger charge is -2.29. The molecule has 1 N–H and O–H groups in total. The maximum atomic E-state index is 12.6. The van der Waals surface area contributed by atoms with Gasteiger partial charge in [0.1, 0.15) is 0 Å². The summed E-state index contributed by atoms with van der Waals surface area (Å²) >= 11 is 5.19. The minimum Gasteiger partial charge on any atom is -0.353 e. The predicted molar refractivity (Wildman–Crippen MR) is 114 cm³/mol. The van der Waals surface area contributed by atoms with Gasteiger partial charge in [-0.2, -0.15) is 0 Å². The number of para-hydroxylation sites is 1. The molecule has 3 rings (SSSR count). The summed E-state index contributed by atoms with van der Waals surface area (Å²) in [5.41, 5.74) is 2.13. The van der Waals surface area contributed by atoms with Crippen molar-refractivity contribution in [1.82, 2.24) is 5.32 Å². The van der Waals surface area contributed by atoms with Crippen molar-refractivity contribution in [3.63, 3.8) is 0 Å². The molecule has 0 spiro atoms. The summed E-state index contributed by atoms with van der Waals surface area (Å²) in [5.74, 6) is 0.824. The van der Waals surface area contributed by atoms with Crippen LogP contribution in [0.2, 0.25) is 0 Å². The van der Waals surface area contributed by atoms with E-state index in [2.05, 4.69) is 21.2 Å². The molecular formula is C21H23BrN2O2S. The lowest BCUT2D eigenvalue weighted by molar-refractivity contribution is -0.125. The molecule has 1 unspecified atom stereocenters. The predicted octanol–water partition coefficient (Wildman–Crippen LogP) is 4.42. The number of amides is 2. The van der Waals surface area contributed by atoms with Gasteiger partial charge in [-0.25, -0.2) is 0 Å². The molecule has 1 aliphatic rings. The number of halogens is 1. The second-order valence-electron chi connectivity index (χ2n) is 6.66. The second-order valence-corrected chi connectivity index (χ2v) is 8.71. The topological polar surface area (TPSA) is 49.4 Å². The number of rotatable bonds is 6. The molecule has 1 atom stereocenters. The molecule has 0 aliphatic carbocycles. The summed E-state index contributed by atoms with van der Waals surface area (Å²) < 4.78 is 1.04. The van der Waals surface area contributed by atoms with Gasteiger partial charge in [-0.15, -0.1) is 11.8 Å². The molecule has 2 aromatic rings. The van der Waals surface area contributed by atoms with E-state index in [9.17, 15) is 9.59 Å². The maximum Gasteiger partial charge on any atom is 0.227 e. The Labute approximate surface area is 172 Å². The number of benzene rings is 2. The third-order valence-electron chi connectivity index (χ3n) is 4.46. The fraction of sp³-hybridized carbons (Fsp3) is 0.333. The molecule has 4 nitrogen and oxygen atoms in total. The van der Waals surface area contributed by atoms with Gasteiger partial charge >= 0.3 is 0 Å². The fourth-order valence-electron chi connectivity index (χ4n) is 3.16. The molecule has 142 valence electrons. The lowest BCUT2D eigenvalue weighted by atomic mass is 10.1. The molecule has 0 fully saturated rings. The number of carbonyl (C=O) groups excluding carboxylic acids is 2. The highest BCUT2D eigenvalue weighted by molar-refractivity contribution is 9.10. The van der Waals surface area contributed by atoms with E-state index in [-0.39, 0.29) is 30.7 Å². The normalized spacial score (nSPS) is 14.4. The van der Waals surface area contributed by atoms with Gasteiger partial charge in [0, 0.05) is 40.5 Å². The first-order valence-electron chi connectivity index (χ1n) is 9.09. The number of hydrogen-bond acceptors (Lipinski definition) is 3. The van der Waals surface area contributed by atoms with Crippen LogP contribution >= 0.6 is 27.7 Å². The molecule has 0 radical (unpaired) electrons. The van der Waals surface area contributed by atoms with E-state index in [0.717, 1.165) is 27.2 Å². The third kappa shape index (κ3) is 5.59. The monoisotopic (exact) mass is 446 g/mol. The van der Waals surface area contributed by atoms with Crippen LogP contribution in [0.4, 0.5) is 5.69 Å². The van der Waals surface area contributed by atoms with Crippen LogP contribution in [-0.2, 0) is 16.0 Å². The molecule has 0 aromatic heterocycles. The van der Waals surface area contributed by atoms with Crippen LogP contribution < -0.4 is 10.2 Å². The summed E-state index contributed by atoms with van der Waals surface area (Å²) in [7, 11) is 0. The van der Waals surface area contributed by atoms with Gasteiger partial charge in [-0.1, -0.05) is 40.2 Å². The highest BCUT2D eigenvalue weighted by atomic mass is 79.9. The molecule has 2 aromatic carbocycles. The molecular weight excluding hydrogens is 424 g/mol. The van der Waals surface area contributed by atoms with Crippen LogP contribution in [0.3, 0.4) is 0 Å². The number of nitrogens with one attached hydrogen (secondary N) is 1. The van der Waals surface area contributed by atoms with Crippen molar-refractivity contribution in [3.05, 3.63) is 58.6 Å². The Morgan fingerprint density at radius 3 is 2.67 bits per heavy atom. The van der Waals surface area contributed by atoms with Gasteiger partial charge in [0.15, 0.2) is 0 Å². The van der Waals surface area contributed by atoms with Gasteiger partial charge < -0.3 is 10.2 Å². The van der Waals surface area contributed by atoms with Crippen LogP contribution in [0.25, 0.3) is 0 Å². The van der Waals surface area contributed by atoms with Gasteiger partial charge in [0.2, 0.25) is 11.8 Å². The fourth-order valence-corrected chi connectivity index (χ4v) is 4.42. The highest BCUT2D eigenvalue weighted by Gasteiger charge is 2.23. The van der Waals surface area contributed by atoms with Crippen molar-refractivity contribution in [2.75, 3.05) is 17.2 Å². The molecule has 0 saturated heterocycles. The Balaban J connectivity index is 1.47. The lowest BCUT2D eigenvalue weighted by Crippen LogP contribution is -2.38. The molecule has 1 aliphatic heterocycles. The number of hydrogen-bond donors (Lipinski definition) is 1. The number of thioether (sulfide) groups is 1. The number of nitrogens with zero attached hydrogens (tertiary/aromatic N) is 1. The average molecular weight is 447 g/mol.